The van der Waals surface area contributed by atoms with Crippen LogP contribution in [-0.2, 0) is 4.79 Å². The summed E-state index contributed by atoms with van der Waals surface area (Å²) in [6.45, 7) is 9.48. The molecule has 1 heterocycles. The fourth-order valence-corrected chi connectivity index (χ4v) is 2.59. The van der Waals surface area contributed by atoms with Crippen LogP contribution in [0.5, 0.6) is 0 Å². The highest BCUT2D eigenvalue weighted by Crippen LogP contribution is 2.40. The van der Waals surface area contributed by atoms with Gasteiger partial charge in [-0.25, -0.2) is 0 Å². The molecule has 3 heteroatoms. The molecule has 0 aliphatic carbocycles. The highest BCUT2D eigenvalue weighted by Gasteiger charge is 2.48. The molecule has 14 heavy (non-hydrogen) atoms. The number of hydroxylamine groups is 2. The van der Waals surface area contributed by atoms with Gasteiger partial charge in [-0.1, -0.05) is 0 Å². The number of rotatable bonds is 1. The van der Waals surface area contributed by atoms with Crippen LogP contribution in [0, 0.1) is 5.92 Å². The molecule has 82 valence electrons. The van der Waals surface area contributed by atoms with Gasteiger partial charge in [0.15, 0.2) is 0 Å². The van der Waals surface area contributed by atoms with Crippen molar-refractivity contribution in [3.63, 3.8) is 0 Å². The van der Waals surface area contributed by atoms with Crippen molar-refractivity contribution >= 4 is 5.78 Å². The highest BCUT2D eigenvalue weighted by molar-refractivity contribution is 5.79. The van der Waals surface area contributed by atoms with E-state index in [-0.39, 0.29) is 17.2 Å². The van der Waals surface area contributed by atoms with Crippen molar-refractivity contribution in [1.29, 1.82) is 0 Å². The predicted molar refractivity (Wildman–Crippen MR) is 55.2 cm³/mol. The van der Waals surface area contributed by atoms with E-state index in [0.717, 1.165) is 12.8 Å². The largest absolute Gasteiger partial charge is 0.313 e. The average Bonchev–Trinajstić information content (AvgIpc) is 1.99. The third kappa shape index (κ3) is 1.71. The molecule has 1 aliphatic rings. The van der Waals surface area contributed by atoms with Crippen molar-refractivity contribution in [2.75, 3.05) is 0 Å². The Labute approximate surface area is 86.1 Å². The van der Waals surface area contributed by atoms with Crippen LogP contribution >= 0.6 is 0 Å². The van der Waals surface area contributed by atoms with E-state index < -0.39 is 5.54 Å². The number of ketones is 1. The van der Waals surface area contributed by atoms with Crippen molar-refractivity contribution in [1.82, 2.24) is 5.06 Å². The lowest BCUT2D eigenvalue weighted by molar-refractivity contribution is -0.255. The second kappa shape index (κ2) is 3.31. The second-order valence-corrected chi connectivity index (χ2v) is 5.48. The molecule has 3 nitrogen and oxygen atoms in total. The van der Waals surface area contributed by atoms with E-state index in [4.69, 9.17) is 0 Å². The van der Waals surface area contributed by atoms with Gasteiger partial charge in [-0.3, -0.25) is 4.79 Å². The molecule has 1 fully saturated rings. The van der Waals surface area contributed by atoms with Gasteiger partial charge in [0.25, 0.3) is 0 Å². The summed E-state index contributed by atoms with van der Waals surface area (Å²) >= 11 is 0. The minimum Gasteiger partial charge on any atom is -0.313 e. The number of nitrogens with zero attached hydrogens (tertiary/aromatic N) is 1. The van der Waals surface area contributed by atoms with Gasteiger partial charge in [-0.2, -0.15) is 5.06 Å². The van der Waals surface area contributed by atoms with Gasteiger partial charge in [0.1, 0.15) is 5.78 Å². The third-order valence-corrected chi connectivity index (χ3v) is 3.51. The Hall–Kier alpha value is -0.410. The van der Waals surface area contributed by atoms with E-state index >= 15 is 0 Å². The van der Waals surface area contributed by atoms with Gasteiger partial charge in [0.2, 0.25) is 0 Å². The zero-order valence-electron chi connectivity index (χ0n) is 9.79. The Balaban J connectivity index is 2.96. The van der Waals surface area contributed by atoms with Crippen molar-refractivity contribution in [2.24, 2.45) is 5.92 Å². The van der Waals surface area contributed by atoms with Crippen LogP contribution in [0.3, 0.4) is 0 Å². The smallest absolute Gasteiger partial charge is 0.134 e. The summed E-state index contributed by atoms with van der Waals surface area (Å²) in [6, 6.07) is 0. The molecule has 0 radical (unpaired) electrons. The van der Waals surface area contributed by atoms with E-state index in [9.17, 15) is 10.0 Å². The minimum atomic E-state index is -0.451. The van der Waals surface area contributed by atoms with Gasteiger partial charge >= 0.3 is 0 Å². The quantitative estimate of drug-likeness (QED) is 0.704. The summed E-state index contributed by atoms with van der Waals surface area (Å²) in [5.74, 6) is 0.116. The van der Waals surface area contributed by atoms with E-state index in [2.05, 4.69) is 0 Å². The van der Waals surface area contributed by atoms with Crippen LogP contribution in [0.15, 0.2) is 0 Å². The molecule has 1 N–H and O–H groups in total. The molecule has 0 aromatic carbocycles. The lowest BCUT2D eigenvalue weighted by atomic mass is 9.72. The minimum absolute atomic E-state index is 0.0551. The van der Waals surface area contributed by atoms with Crippen LogP contribution in [0.4, 0.5) is 0 Å². The van der Waals surface area contributed by atoms with Crippen molar-refractivity contribution in [2.45, 2.75) is 58.5 Å². The molecular weight excluding hydrogens is 178 g/mol. The number of piperidine rings is 1. The van der Waals surface area contributed by atoms with Gasteiger partial charge in [0, 0.05) is 11.5 Å². The van der Waals surface area contributed by atoms with E-state index in [1.54, 1.807) is 6.92 Å². The molecule has 0 spiro atoms. The Bertz CT molecular complexity index is 246. The van der Waals surface area contributed by atoms with Crippen molar-refractivity contribution < 1.29 is 10.0 Å². The summed E-state index contributed by atoms with van der Waals surface area (Å²) in [5.41, 5.74) is -0.678. The topological polar surface area (TPSA) is 40.5 Å². The first-order chi connectivity index (χ1) is 6.19. The molecule has 1 saturated heterocycles. The van der Waals surface area contributed by atoms with Gasteiger partial charge in [-0.05, 0) is 47.5 Å². The SMILES string of the molecule is CC(=O)C1CCC(C)(C)N(O)C1(C)C. The molecule has 0 aromatic heterocycles. The predicted octanol–water partition coefficient (Wildman–Crippen LogP) is 2.23. The Morgan fingerprint density at radius 2 is 1.86 bits per heavy atom. The standard InChI is InChI=1S/C11H21NO2/c1-8(13)9-6-7-10(2,3)12(14)11(9,4)5/h9,14H,6-7H2,1-5H3. The monoisotopic (exact) mass is 199 g/mol. The molecule has 1 aliphatic heterocycles. The Morgan fingerprint density at radius 3 is 2.29 bits per heavy atom. The normalized spacial score (nSPS) is 31.4. The molecule has 0 saturated carbocycles. The maximum atomic E-state index is 11.4. The van der Waals surface area contributed by atoms with Gasteiger partial charge in [-0.15, -0.1) is 0 Å². The van der Waals surface area contributed by atoms with E-state index in [0.29, 0.717) is 0 Å². The summed E-state index contributed by atoms with van der Waals surface area (Å²) in [4.78, 5) is 11.4. The first-order valence-electron chi connectivity index (χ1n) is 5.19. The molecule has 0 aromatic rings. The van der Waals surface area contributed by atoms with Crippen LogP contribution in [0.25, 0.3) is 0 Å². The molecule has 1 atom stereocenters. The fourth-order valence-electron chi connectivity index (χ4n) is 2.59. The van der Waals surface area contributed by atoms with Gasteiger partial charge in [0.05, 0.1) is 5.54 Å². The molecule has 1 rings (SSSR count). The molecule has 0 amide bonds. The average molecular weight is 199 g/mol. The Kier molecular flexibility index (Phi) is 2.76. The first-order valence-corrected chi connectivity index (χ1v) is 5.19. The summed E-state index contributed by atoms with van der Waals surface area (Å²) < 4.78 is 0. The van der Waals surface area contributed by atoms with Crippen LogP contribution < -0.4 is 0 Å². The number of hydrogen-bond donors (Lipinski definition) is 1. The number of Topliss-reactive ketones (excluding diaryl/α,β-unsaturated/α-hetero) is 1. The second-order valence-electron chi connectivity index (χ2n) is 5.48. The molecular formula is C11H21NO2. The number of carbonyl (C=O) groups is 1. The summed E-state index contributed by atoms with van der Waals surface area (Å²) in [6.07, 6.45) is 1.73. The molecule has 1 unspecified atom stereocenters. The van der Waals surface area contributed by atoms with E-state index in [1.807, 2.05) is 27.7 Å². The highest BCUT2D eigenvalue weighted by atomic mass is 16.5. The van der Waals surface area contributed by atoms with Gasteiger partial charge < -0.3 is 5.21 Å². The third-order valence-electron chi connectivity index (χ3n) is 3.51. The lowest BCUT2D eigenvalue weighted by Crippen LogP contribution is -2.62. The zero-order chi connectivity index (χ0) is 11.1. The lowest BCUT2D eigenvalue weighted by Gasteiger charge is -2.52. The summed E-state index contributed by atoms with van der Waals surface area (Å²) in [7, 11) is 0. The van der Waals surface area contributed by atoms with Crippen molar-refractivity contribution in [3.05, 3.63) is 0 Å². The maximum Gasteiger partial charge on any atom is 0.134 e. The molecule has 0 bridgehead atoms. The first kappa shape index (κ1) is 11.7. The number of carbonyl (C=O) groups excluding carboxylic acids is 1. The zero-order valence-corrected chi connectivity index (χ0v) is 9.79. The Morgan fingerprint density at radius 1 is 1.36 bits per heavy atom. The van der Waals surface area contributed by atoms with Crippen LogP contribution in [0.1, 0.15) is 47.5 Å². The summed E-state index contributed by atoms with van der Waals surface area (Å²) in [5, 5.41) is 11.4. The van der Waals surface area contributed by atoms with E-state index in [1.165, 1.54) is 5.06 Å². The maximum absolute atomic E-state index is 11.4. The van der Waals surface area contributed by atoms with Crippen LogP contribution in [0.2, 0.25) is 0 Å². The van der Waals surface area contributed by atoms with Crippen LogP contribution in [-0.4, -0.2) is 27.1 Å². The fraction of sp³-hybridized carbons (Fsp3) is 0.909. The number of hydrogen-bond acceptors (Lipinski definition) is 3. The van der Waals surface area contributed by atoms with Crippen molar-refractivity contribution in [3.8, 4) is 0 Å².